The summed E-state index contributed by atoms with van der Waals surface area (Å²) in [6, 6.07) is 5.42. The van der Waals surface area contributed by atoms with Crippen molar-refractivity contribution in [1.29, 1.82) is 0 Å². The molecule has 0 fully saturated rings. The van der Waals surface area contributed by atoms with Crippen LogP contribution < -0.4 is 5.73 Å². The molecule has 0 atom stereocenters. The molecule has 1 aromatic carbocycles. The van der Waals surface area contributed by atoms with E-state index in [1.54, 1.807) is 12.1 Å². The van der Waals surface area contributed by atoms with Crippen LogP contribution in [0.1, 0.15) is 11.5 Å². The van der Waals surface area contributed by atoms with E-state index in [0.29, 0.717) is 10.7 Å². The highest BCUT2D eigenvalue weighted by atomic mass is 35.5. The van der Waals surface area contributed by atoms with E-state index in [1.807, 2.05) is 30.7 Å². The molecule has 0 radical (unpaired) electrons. The number of halogens is 1. The Morgan fingerprint density at radius 1 is 1.33 bits per heavy atom. The molecule has 0 aliphatic carbocycles. The predicted molar refractivity (Wildman–Crippen MR) is 62.5 cm³/mol. The standard InChI is InChI=1S/C11H12ClN3/c1-7-6-15(8(2)14-7)11-5-9(13)3-4-10(11)12/h3-6H,13H2,1-2H3. The Morgan fingerprint density at radius 3 is 2.67 bits per heavy atom. The molecule has 2 rings (SSSR count). The van der Waals surface area contributed by atoms with Gasteiger partial charge in [0.1, 0.15) is 5.82 Å². The van der Waals surface area contributed by atoms with Crippen molar-refractivity contribution in [3.63, 3.8) is 0 Å². The molecule has 3 nitrogen and oxygen atoms in total. The molecule has 0 bridgehead atoms. The summed E-state index contributed by atoms with van der Waals surface area (Å²) in [5.74, 6) is 0.903. The Balaban J connectivity index is 2.62. The summed E-state index contributed by atoms with van der Waals surface area (Å²) in [7, 11) is 0. The highest BCUT2D eigenvalue weighted by Crippen LogP contribution is 2.24. The van der Waals surface area contributed by atoms with Crippen LogP contribution >= 0.6 is 11.6 Å². The Kier molecular flexibility index (Phi) is 2.40. The fraction of sp³-hybridized carbons (Fsp3) is 0.182. The van der Waals surface area contributed by atoms with Gasteiger partial charge in [0.15, 0.2) is 0 Å². The Hall–Kier alpha value is -1.48. The maximum absolute atomic E-state index is 6.11. The van der Waals surface area contributed by atoms with E-state index in [0.717, 1.165) is 17.2 Å². The number of nitrogen functional groups attached to an aromatic ring is 1. The summed E-state index contributed by atoms with van der Waals surface area (Å²) < 4.78 is 1.94. The average molecular weight is 222 g/mol. The molecule has 0 saturated carbocycles. The minimum atomic E-state index is 0.671. The number of hydrogen-bond acceptors (Lipinski definition) is 2. The first kappa shape index (κ1) is 10.1. The van der Waals surface area contributed by atoms with Gasteiger partial charge in [-0.2, -0.15) is 0 Å². The largest absolute Gasteiger partial charge is 0.399 e. The predicted octanol–water partition coefficient (Wildman–Crippen LogP) is 2.72. The van der Waals surface area contributed by atoms with Crippen LogP contribution in [0.15, 0.2) is 24.4 Å². The van der Waals surface area contributed by atoms with Gasteiger partial charge in [-0.15, -0.1) is 0 Å². The van der Waals surface area contributed by atoms with Crippen LogP contribution in [0.4, 0.5) is 5.69 Å². The van der Waals surface area contributed by atoms with Gasteiger partial charge in [0.25, 0.3) is 0 Å². The zero-order valence-electron chi connectivity index (χ0n) is 8.66. The molecular formula is C11H12ClN3. The topological polar surface area (TPSA) is 43.8 Å². The van der Waals surface area contributed by atoms with Crippen LogP contribution in [0.2, 0.25) is 5.02 Å². The first-order valence-electron chi connectivity index (χ1n) is 4.66. The Morgan fingerprint density at radius 2 is 2.07 bits per heavy atom. The molecule has 1 heterocycles. The minimum Gasteiger partial charge on any atom is -0.399 e. The lowest BCUT2D eigenvalue weighted by atomic mass is 10.3. The molecule has 0 amide bonds. The van der Waals surface area contributed by atoms with Gasteiger partial charge in [-0.25, -0.2) is 4.98 Å². The van der Waals surface area contributed by atoms with Crippen molar-refractivity contribution in [2.24, 2.45) is 0 Å². The van der Waals surface area contributed by atoms with E-state index in [1.165, 1.54) is 0 Å². The summed E-state index contributed by atoms with van der Waals surface area (Å²) in [5, 5.41) is 0.671. The molecule has 4 heteroatoms. The second-order valence-corrected chi connectivity index (χ2v) is 3.92. The van der Waals surface area contributed by atoms with E-state index in [-0.39, 0.29) is 0 Å². The first-order chi connectivity index (χ1) is 7.08. The molecule has 0 aliphatic rings. The zero-order chi connectivity index (χ0) is 11.0. The van der Waals surface area contributed by atoms with Crippen molar-refractivity contribution in [1.82, 2.24) is 9.55 Å². The Labute approximate surface area is 93.5 Å². The van der Waals surface area contributed by atoms with Crippen LogP contribution in [0.3, 0.4) is 0 Å². The van der Waals surface area contributed by atoms with Gasteiger partial charge in [0, 0.05) is 11.9 Å². The molecule has 0 spiro atoms. The SMILES string of the molecule is Cc1cn(-c2cc(N)ccc2Cl)c(C)n1. The van der Waals surface area contributed by atoms with E-state index >= 15 is 0 Å². The number of anilines is 1. The molecule has 2 N–H and O–H groups in total. The summed E-state index contributed by atoms with van der Waals surface area (Å²) >= 11 is 6.11. The molecule has 2 aromatic rings. The van der Waals surface area contributed by atoms with E-state index in [2.05, 4.69) is 4.98 Å². The molecule has 0 aliphatic heterocycles. The van der Waals surface area contributed by atoms with Crippen LogP contribution in [0.25, 0.3) is 5.69 Å². The van der Waals surface area contributed by atoms with Crippen LogP contribution in [0, 0.1) is 13.8 Å². The van der Waals surface area contributed by atoms with Gasteiger partial charge in [-0.05, 0) is 32.0 Å². The van der Waals surface area contributed by atoms with Crippen molar-refractivity contribution >= 4 is 17.3 Å². The molecule has 15 heavy (non-hydrogen) atoms. The van der Waals surface area contributed by atoms with Gasteiger partial charge >= 0.3 is 0 Å². The third kappa shape index (κ3) is 1.83. The maximum atomic E-state index is 6.11. The molecule has 1 aromatic heterocycles. The lowest BCUT2D eigenvalue weighted by Crippen LogP contribution is -1.97. The van der Waals surface area contributed by atoms with Gasteiger partial charge in [-0.1, -0.05) is 11.6 Å². The van der Waals surface area contributed by atoms with Crippen molar-refractivity contribution in [2.75, 3.05) is 5.73 Å². The zero-order valence-corrected chi connectivity index (χ0v) is 9.42. The minimum absolute atomic E-state index is 0.671. The van der Waals surface area contributed by atoms with Gasteiger partial charge in [0.05, 0.1) is 16.4 Å². The fourth-order valence-corrected chi connectivity index (χ4v) is 1.78. The van der Waals surface area contributed by atoms with E-state index in [4.69, 9.17) is 17.3 Å². The quantitative estimate of drug-likeness (QED) is 0.753. The summed E-state index contributed by atoms with van der Waals surface area (Å²) in [5.41, 5.74) is 8.26. The Bertz CT molecular complexity index is 503. The van der Waals surface area contributed by atoms with Crippen LogP contribution in [0.5, 0.6) is 0 Å². The van der Waals surface area contributed by atoms with Crippen LogP contribution in [-0.2, 0) is 0 Å². The second kappa shape index (κ2) is 3.59. The van der Waals surface area contributed by atoms with Crippen molar-refractivity contribution in [3.8, 4) is 5.69 Å². The molecule has 0 unspecified atom stereocenters. The number of nitrogens with zero attached hydrogens (tertiary/aromatic N) is 2. The lowest BCUT2D eigenvalue weighted by molar-refractivity contribution is 0.975. The monoisotopic (exact) mass is 221 g/mol. The number of imidazole rings is 1. The average Bonchev–Trinajstić information content (AvgIpc) is 2.50. The number of benzene rings is 1. The fourth-order valence-electron chi connectivity index (χ4n) is 1.58. The van der Waals surface area contributed by atoms with Crippen molar-refractivity contribution in [3.05, 3.63) is 40.9 Å². The number of nitrogens with two attached hydrogens (primary N) is 1. The van der Waals surface area contributed by atoms with Gasteiger partial charge in [0.2, 0.25) is 0 Å². The first-order valence-corrected chi connectivity index (χ1v) is 5.03. The maximum Gasteiger partial charge on any atom is 0.110 e. The number of aromatic nitrogens is 2. The number of rotatable bonds is 1. The van der Waals surface area contributed by atoms with Crippen LogP contribution in [-0.4, -0.2) is 9.55 Å². The third-order valence-corrected chi connectivity index (χ3v) is 2.55. The molecular weight excluding hydrogens is 210 g/mol. The van der Waals surface area contributed by atoms with E-state index < -0.39 is 0 Å². The lowest BCUT2D eigenvalue weighted by Gasteiger charge is -2.07. The summed E-state index contributed by atoms with van der Waals surface area (Å²) in [6.07, 6.45) is 1.94. The summed E-state index contributed by atoms with van der Waals surface area (Å²) in [6.45, 7) is 3.89. The van der Waals surface area contributed by atoms with Gasteiger partial charge in [-0.3, -0.25) is 0 Å². The molecule has 78 valence electrons. The summed E-state index contributed by atoms with van der Waals surface area (Å²) in [4.78, 5) is 4.32. The van der Waals surface area contributed by atoms with Crippen molar-refractivity contribution < 1.29 is 0 Å². The highest BCUT2D eigenvalue weighted by molar-refractivity contribution is 6.32. The normalized spacial score (nSPS) is 10.6. The third-order valence-electron chi connectivity index (χ3n) is 2.23. The molecule has 0 saturated heterocycles. The second-order valence-electron chi connectivity index (χ2n) is 3.51. The van der Waals surface area contributed by atoms with E-state index in [9.17, 15) is 0 Å². The highest BCUT2D eigenvalue weighted by Gasteiger charge is 2.07. The number of aryl methyl sites for hydroxylation is 2. The van der Waals surface area contributed by atoms with Gasteiger partial charge < -0.3 is 10.3 Å². The van der Waals surface area contributed by atoms with Crippen molar-refractivity contribution in [2.45, 2.75) is 13.8 Å². The smallest absolute Gasteiger partial charge is 0.110 e. The number of hydrogen-bond donors (Lipinski definition) is 1.